The first-order valence-corrected chi connectivity index (χ1v) is 32.7. The zero-order valence-corrected chi connectivity index (χ0v) is 41.9. The van der Waals surface area contributed by atoms with Crippen LogP contribution in [0.1, 0.15) is 232 Å². The van der Waals surface area contributed by atoms with Crippen molar-refractivity contribution in [1.82, 2.24) is 0 Å². The van der Waals surface area contributed by atoms with E-state index < -0.39 is 19.2 Å². The zero-order chi connectivity index (χ0) is 41.6. The molecule has 0 spiro atoms. The van der Waals surface area contributed by atoms with E-state index in [0.29, 0.717) is 13.2 Å². The fourth-order valence-corrected chi connectivity index (χ4v) is 18.8. The molecule has 0 atom stereocenters. The van der Waals surface area contributed by atoms with Crippen LogP contribution in [0, 0.1) is 0 Å². The van der Waals surface area contributed by atoms with Crippen LogP contribution in [-0.4, -0.2) is 66.1 Å². The Kier molecular flexibility index (Phi) is 46.8. The number of carbonyl (C=O) groups excluding carboxylic acids is 2. The summed E-state index contributed by atoms with van der Waals surface area (Å²) in [5.41, 5.74) is 0. The molecule has 0 radical (unpaired) electrons. The van der Waals surface area contributed by atoms with Crippen molar-refractivity contribution in [2.24, 2.45) is 0 Å². The van der Waals surface area contributed by atoms with E-state index in [1.54, 1.807) is 0 Å². The summed E-state index contributed by atoms with van der Waals surface area (Å²) in [7, 11) is 0. The van der Waals surface area contributed by atoms with Gasteiger partial charge in [-0.3, -0.25) is 0 Å². The van der Waals surface area contributed by atoms with Crippen LogP contribution >= 0.6 is 23.5 Å². The molecule has 0 saturated carbocycles. The van der Waals surface area contributed by atoms with Crippen molar-refractivity contribution in [2.75, 3.05) is 24.7 Å². The van der Waals surface area contributed by atoms with E-state index in [2.05, 4.69) is 26.0 Å². The minimum Gasteiger partial charge on any atom is -0.396 e. The van der Waals surface area contributed by atoms with Gasteiger partial charge in [0.2, 0.25) is 0 Å². The van der Waals surface area contributed by atoms with Crippen molar-refractivity contribution in [3.05, 3.63) is 23.0 Å². The quantitative estimate of drug-likeness (QED) is 0.0460. The van der Waals surface area contributed by atoms with Crippen molar-refractivity contribution in [3.8, 4) is 0 Å². The Bertz CT molecular complexity index is 845. The molecule has 0 aromatic heterocycles. The number of rotatable bonds is 46. The average Bonchev–Trinajstić information content (AvgIpc) is 3.21. The van der Waals surface area contributed by atoms with Gasteiger partial charge in [-0.05, 0) is 12.8 Å². The van der Waals surface area contributed by atoms with E-state index in [1.165, 1.54) is 190 Å². The molecule has 0 aromatic rings. The Balaban J connectivity index is 4.15. The van der Waals surface area contributed by atoms with Crippen LogP contribution in [-0.2, 0) is 15.7 Å². The molecule has 0 bridgehead atoms. The molecule has 0 fully saturated rings. The maximum atomic E-state index is 13.0. The van der Waals surface area contributed by atoms with E-state index in [9.17, 15) is 9.59 Å². The number of aliphatic hydroxyl groups excluding tert-OH is 2. The van der Waals surface area contributed by atoms with Crippen LogP contribution in [0.15, 0.2) is 23.0 Å². The van der Waals surface area contributed by atoms with E-state index in [4.69, 9.17) is 16.4 Å². The molecule has 0 rings (SSSR count). The fraction of sp³-hybridized carbons (Fsp3) is 0.875. The molecule has 0 saturated heterocycles. The van der Waals surface area contributed by atoms with Gasteiger partial charge in [-0.1, -0.05) is 103 Å². The second-order valence-corrected chi connectivity index (χ2v) is 27.4. The van der Waals surface area contributed by atoms with Crippen molar-refractivity contribution in [1.29, 1.82) is 0 Å². The summed E-state index contributed by atoms with van der Waals surface area (Å²) in [5, 5.41) is 21.8. The van der Waals surface area contributed by atoms with Gasteiger partial charge >= 0.3 is 230 Å². The average molecular weight is 948 g/mol. The Labute approximate surface area is 367 Å². The summed E-state index contributed by atoms with van der Waals surface area (Å²) >= 11 is -0.908. The van der Waals surface area contributed by atoms with Crippen LogP contribution in [0.5, 0.6) is 0 Å². The summed E-state index contributed by atoms with van der Waals surface area (Å²) in [6.45, 7) is 4.96. The van der Waals surface area contributed by atoms with E-state index in [0.717, 1.165) is 60.2 Å². The smallest absolute Gasteiger partial charge is 0.396 e. The first-order chi connectivity index (χ1) is 28.0. The maximum absolute atomic E-state index is 13.0. The Morgan fingerprint density at radius 3 is 0.947 bits per heavy atom. The van der Waals surface area contributed by atoms with Crippen LogP contribution in [0.25, 0.3) is 0 Å². The van der Waals surface area contributed by atoms with Crippen LogP contribution in [0.2, 0.25) is 8.87 Å². The molecule has 0 aromatic carbocycles. The van der Waals surface area contributed by atoms with Gasteiger partial charge in [0.05, 0.1) is 0 Å². The van der Waals surface area contributed by atoms with Gasteiger partial charge in [0.1, 0.15) is 0 Å². The molecule has 0 unspecified atom stereocenters. The summed E-state index contributed by atoms with van der Waals surface area (Å²) in [5.74, 6) is 0.117. The number of thioether (sulfide) groups is 2. The summed E-state index contributed by atoms with van der Waals surface area (Å²) in [4.78, 5) is 26.1. The molecule has 6 nitrogen and oxygen atoms in total. The number of hydrogen-bond acceptors (Lipinski definition) is 8. The molecular formula is C48H92O6S2Sn. The van der Waals surface area contributed by atoms with Gasteiger partial charge < -0.3 is 10.2 Å². The summed E-state index contributed by atoms with van der Waals surface area (Å²) in [6, 6.07) is 0. The van der Waals surface area contributed by atoms with Gasteiger partial charge in [-0.25, -0.2) is 0 Å². The van der Waals surface area contributed by atoms with Crippen molar-refractivity contribution >= 4 is 54.7 Å². The van der Waals surface area contributed by atoms with E-state index in [1.807, 2.05) is 10.8 Å². The Hall–Kier alpha value is -0.161. The molecule has 0 aliphatic carbocycles. The van der Waals surface area contributed by atoms with Gasteiger partial charge in [0, 0.05) is 13.2 Å². The van der Waals surface area contributed by atoms with Crippen LogP contribution in [0.4, 0.5) is 0 Å². The molecule has 9 heteroatoms. The second kappa shape index (κ2) is 46.9. The van der Waals surface area contributed by atoms with E-state index in [-0.39, 0.29) is 23.4 Å². The molecule has 336 valence electrons. The topological polar surface area (TPSA) is 93.1 Å². The molecule has 57 heavy (non-hydrogen) atoms. The van der Waals surface area contributed by atoms with Crippen molar-refractivity contribution in [2.45, 2.75) is 241 Å². The number of unbranched alkanes of at least 4 members (excludes halogenated alkanes) is 30. The third-order valence-corrected chi connectivity index (χ3v) is 22.1. The predicted octanol–water partition coefficient (Wildman–Crippen LogP) is 15.3. The Morgan fingerprint density at radius 2 is 0.684 bits per heavy atom. The summed E-state index contributed by atoms with van der Waals surface area (Å²) < 4.78 is 14.0. The summed E-state index contributed by atoms with van der Waals surface area (Å²) in [6.07, 6.45) is 46.4. The molecular weight excluding hydrogens is 855 g/mol. The molecule has 2 N–H and O–H groups in total. The van der Waals surface area contributed by atoms with Gasteiger partial charge in [-0.15, -0.1) is 0 Å². The van der Waals surface area contributed by atoms with Crippen LogP contribution < -0.4 is 0 Å². The third kappa shape index (κ3) is 42.3. The van der Waals surface area contributed by atoms with Crippen LogP contribution in [0.3, 0.4) is 0 Å². The second-order valence-electron chi connectivity index (χ2n) is 16.4. The first kappa shape index (κ1) is 56.8. The molecule has 0 amide bonds. The first-order valence-electron chi connectivity index (χ1n) is 24.2. The minimum atomic E-state index is -3.91. The van der Waals surface area contributed by atoms with Gasteiger partial charge in [0.15, 0.2) is 0 Å². The van der Waals surface area contributed by atoms with Crippen molar-refractivity contribution in [3.63, 3.8) is 0 Å². The molecule has 0 aliphatic rings. The minimum absolute atomic E-state index is 0.219. The normalized spacial score (nSPS) is 12.0. The molecule has 0 heterocycles. The van der Waals surface area contributed by atoms with Crippen molar-refractivity contribution < 1.29 is 26.0 Å². The number of allylic oxidation sites excluding steroid dienone is 2. The number of aliphatic hydroxyl groups is 2. The van der Waals surface area contributed by atoms with E-state index >= 15 is 0 Å². The number of hydrogen-bond donors (Lipinski definition) is 2. The fourth-order valence-electron chi connectivity index (χ4n) is 7.21. The zero-order valence-electron chi connectivity index (χ0n) is 37.4. The standard InChI is InChI=1S/2C20H38O3S.2C4H9.Sn/c2*21-17-15-13-11-9-7-5-3-1-2-4-6-8-10-12-14-16-18-24-19-20(22)23;2*1-3-4-2;/h2*16,18,21H,1-15,17,19H2,(H,22,23);2*1,3-4H2,2H3;/q;;;;+2/p-2. The predicted molar refractivity (Wildman–Crippen MR) is 253 cm³/mol. The SMILES string of the molecule is CCC[CH2][Sn]([CH2]CCC)([O]C(=O)CSC=CCCCCCCCCCCCCCCCCO)[O]C(=O)CSC=CCCCCCCCCCCCCCCCCO. The molecule has 0 aliphatic heterocycles. The Morgan fingerprint density at radius 1 is 0.421 bits per heavy atom. The van der Waals surface area contributed by atoms with Gasteiger partial charge in [-0.2, -0.15) is 0 Å². The van der Waals surface area contributed by atoms with Gasteiger partial charge in [0.25, 0.3) is 0 Å². The monoisotopic (exact) mass is 949 g/mol. The number of carbonyl (C=O) groups is 2. The third-order valence-electron chi connectivity index (χ3n) is 10.8.